The first-order valence-electron chi connectivity index (χ1n) is 4.33. The maximum Gasteiger partial charge on any atom is 0.470 e. The Morgan fingerprint density at radius 2 is 2.06 bits per heavy atom. The minimum atomic E-state index is -4.60. The Balaban J connectivity index is 4.43. The van der Waals surface area contributed by atoms with Gasteiger partial charge in [0, 0.05) is 10.9 Å². The van der Waals surface area contributed by atoms with Crippen molar-refractivity contribution in [2.45, 2.75) is 26.1 Å². The first-order chi connectivity index (χ1) is 7.17. The van der Waals surface area contributed by atoms with Gasteiger partial charge in [-0.1, -0.05) is 22.5 Å². The molecule has 0 aromatic rings. The molecular formula is C8H14BrO6P. The molecule has 16 heavy (non-hydrogen) atoms. The second-order valence-corrected chi connectivity index (χ2v) is 5.02. The van der Waals surface area contributed by atoms with Crippen LogP contribution in [0, 0.1) is 0 Å². The third kappa shape index (κ3) is 6.40. The third-order valence-electron chi connectivity index (χ3n) is 1.59. The van der Waals surface area contributed by atoms with Gasteiger partial charge in [0.1, 0.15) is 12.2 Å². The summed E-state index contributed by atoms with van der Waals surface area (Å²) in [4.78, 5) is 28.4. The van der Waals surface area contributed by atoms with Gasteiger partial charge in [0.2, 0.25) is 0 Å². The Morgan fingerprint density at radius 3 is 2.38 bits per heavy atom. The summed E-state index contributed by atoms with van der Waals surface area (Å²) >= 11 is 3.01. The fourth-order valence-corrected chi connectivity index (χ4v) is 2.22. The number of rotatable bonds is 6. The fraction of sp³-hybridized carbons (Fsp3) is 0.625. The Morgan fingerprint density at radius 1 is 1.56 bits per heavy atom. The summed E-state index contributed by atoms with van der Waals surface area (Å²) in [6.45, 7) is 6.34. The van der Waals surface area contributed by atoms with Gasteiger partial charge >= 0.3 is 13.8 Å². The molecule has 0 rings (SSSR count). The van der Waals surface area contributed by atoms with E-state index >= 15 is 0 Å². The third-order valence-corrected chi connectivity index (χ3v) is 2.77. The molecule has 0 amide bonds. The molecular weight excluding hydrogens is 303 g/mol. The van der Waals surface area contributed by atoms with Crippen molar-refractivity contribution in [1.82, 2.24) is 0 Å². The van der Waals surface area contributed by atoms with Crippen LogP contribution in [0.1, 0.15) is 13.8 Å². The van der Waals surface area contributed by atoms with Gasteiger partial charge in [-0.15, -0.1) is 0 Å². The molecule has 0 bridgehead atoms. The molecule has 0 spiro atoms. The maximum absolute atomic E-state index is 11.2. The number of phosphoric ester groups is 1. The van der Waals surface area contributed by atoms with Crippen LogP contribution in [0.5, 0.6) is 0 Å². The lowest BCUT2D eigenvalue weighted by Gasteiger charge is -2.22. The second-order valence-electron chi connectivity index (χ2n) is 3.18. The number of alkyl halides is 1. The number of hydrogen-bond acceptors (Lipinski definition) is 4. The summed E-state index contributed by atoms with van der Waals surface area (Å²) in [7, 11) is -4.60. The first kappa shape index (κ1) is 15.8. The number of halogens is 1. The molecule has 0 aliphatic heterocycles. The zero-order valence-electron chi connectivity index (χ0n) is 8.92. The summed E-state index contributed by atoms with van der Waals surface area (Å²) in [5.41, 5.74) is 0.205. The Bertz CT molecular complexity index is 312. The van der Waals surface area contributed by atoms with Gasteiger partial charge in [0.25, 0.3) is 0 Å². The van der Waals surface area contributed by atoms with Crippen LogP contribution in [-0.2, 0) is 18.6 Å². The monoisotopic (exact) mass is 316 g/mol. The van der Waals surface area contributed by atoms with Crippen LogP contribution in [0.4, 0.5) is 0 Å². The van der Waals surface area contributed by atoms with Crippen LogP contribution in [0.15, 0.2) is 12.2 Å². The SMILES string of the molecule is C=C(C)C(=O)OC(C)C(CBr)OP(=O)(O)O. The average molecular weight is 317 g/mol. The summed E-state index contributed by atoms with van der Waals surface area (Å²) in [6.07, 6.45) is -1.72. The number of hydrogen-bond donors (Lipinski definition) is 2. The van der Waals surface area contributed by atoms with Crippen molar-refractivity contribution in [1.29, 1.82) is 0 Å². The highest BCUT2D eigenvalue weighted by Crippen LogP contribution is 2.38. The lowest BCUT2D eigenvalue weighted by Crippen LogP contribution is -2.32. The Labute approximate surface area is 102 Å². The molecule has 0 saturated heterocycles. The van der Waals surface area contributed by atoms with Crippen molar-refractivity contribution in [3.63, 3.8) is 0 Å². The predicted octanol–water partition coefficient (Wildman–Crippen LogP) is 1.37. The van der Waals surface area contributed by atoms with Gasteiger partial charge in [0.15, 0.2) is 0 Å². The molecule has 2 atom stereocenters. The molecule has 0 saturated carbocycles. The van der Waals surface area contributed by atoms with E-state index in [-0.39, 0.29) is 10.9 Å². The Hall–Kier alpha value is -0.200. The second kappa shape index (κ2) is 6.51. The molecule has 2 unspecified atom stereocenters. The molecule has 6 nitrogen and oxygen atoms in total. The molecule has 0 radical (unpaired) electrons. The minimum absolute atomic E-state index is 0.128. The molecule has 2 N–H and O–H groups in total. The summed E-state index contributed by atoms with van der Waals surface area (Å²) < 4.78 is 19.9. The zero-order chi connectivity index (χ0) is 12.9. The van der Waals surface area contributed by atoms with E-state index in [0.29, 0.717) is 0 Å². The van der Waals surface area contributed by atoms with Crippen molar-refractivity contribution in [3.8, 4) is 0 Å². The summed E-state index contributed by atoms with van der Waals surface area (Å²) in [6, 6.07) is 0. The summed E-state index contributed by atoms with van der Waals surface area (Å²) in [5.74, 6) is -0.632. The molecule has 0 aliphatic rings. The van der Waals surface area contributed by atoms with E-state index in [1.54, 1.807) is 0 Å². The van der Waals surface area contributed by atoms with E-state index in [1.165, 1.54) is 13.8 Å². The molecule has 0 heterocycles. The van der Waals surface area contributed by atoms with E-state index in [2.05, 4.69) is 27.0 Å². The number of esters is 1. The van der Waals surface area contributed by atoms with Gasteiger partial charge in [-0.05, 0) is 13.8 Å². The van der Waals surface area contributed by atoms with Crippen molar-refractivity contribution < 1.29 is 28.4 Å². The average Bonchev–Trinajstić information content (AvgIpc) is 2.12. The van der Waals surface area contributed by atoms with Crippen LogP contribution in [0.2, 0.25) is 0 Å². The van der Waals surface area contributed by atoms with E-state index in [4.69, 9.17) is 14.5 Å². The number of carbonyl (C=O) groups is 1. The topological polar surface area (TPSA) is 93.1 Å². The number of phosphoric acid groups is 1. The van der Waals surface area contributed by atoms with Gasteiger partial charge < -0.3 is 14.5 Å². The number of ether oxygens (including phenoxy) is 1. The van der Waals surface area contributed by atoms with Crippen LogP contribution in [0.25, 0.3) is 0 Å². The zero-order valence-corrected chi connectivity index (χ0v) is 11.4. The predicted molar refractivity (Wildman–Crippen MR) is 61.1 cm³/mol. The van der Waals surface area contributed by atoms with Gasteiger partial charge in [-0.3, -0.25) is 4.52 Å². The van der Waals surface area contributed by atoms with Gasteiger partial charge in [-0.25, -0.2) is 9.36 Å². The first-order valence-corrected chi connectivity index (χ1v) is 6.99. The molecule has 0 fully saturated rings. The largest absolute Gasteiger partial charge is 0.470 e. The highest BCUT2D eigenvalue weighted by molar-refractivity contribution is 9.09. The Kier molecular flexibility index (Phi) is 6.43. The lowest BCUT2D eigenvalue weighted by molar-refractivity contribution is -0.147. The molecule has 0 aromatic heterocycles. The van der Waals surface area contributed by atoms with Crippen LogP contribution >= 0.6 is 23.8 Å². The quantitative estimate of drug-likeness (QED) is 0.333. The van der Waals surface area contributed by atoms with Crippen molar-refractivity contribution >= 4 is 29.7 Å². The van der Waals surface area contributed by atoms with E-state index in [1.807, 2.05) is 0 Å². The van der Waals surface area contributed by atoms with Crippen molar-refractivity contribution in [2.24, 2.45) is 0 Å². The van der Waals surface area contributed by atoms with Gasteiger partial charge in [0.05, 0.1) is 0 Å². The van der Waals surface area contributed by atoms with Gasteiger partial charge in [-0.2, -0.15) is 0 Å². The van der Waals surface area contributed by atoms with Crippen molar-refractivity contribution in [3.05, 3.63) is 12.2 Å². The molecule has 94 valence electrons. The molecule has 0 aliphatic carbocycles. The van der Waals surface area contributed by atoms with E-state index in [9.17, 15) is 9.36 Å². The normalized spacial score (nSPS) is 15.3. The lowest BCUT2D eigenvalue weighted by atomic mass is 10.2. The number of carbonyl (C=O) groups excluding carboxylic acids is 1. The highest BCUT2D eigenvalue weighted by Gasteiger charge is 2.28. The minimum Gasteiger partial charge on any atom is -0.457 e. The molecule has 0 aromatic carbocycles. The van der Waals surface area contributed by atoms with Crippen LogP contribution in [0.3, 0.4) is 0 Å². The smallest absolute Gasteiger partial charge is 0.457 e. The van der Waals surface area contributed by atoms with E-state index in [0.717, 1.165) is 0 Å². The highest BCUT2D eigenvalue weighted by atomic mass is 79.9. The maximum atomic E-state index is 11.2. The van der Waals surface area contributed by atoms with E-state index < -0.39 is 26.0 Å². The van der Waals surface area contributed by atoms with Crippen LogP contribution < -0.4 is 0 Å². The summed E-state index contributed by atoms with van der Waals surface area (Å²) in [5, 5.41) is 0.128. The standard InChI is InChI=1S/C8H14BrO6P/c1-5(2)8(10)14-6(3)7(4-9)15-16(11,12)13/h6-7H,1,4H2,2-3H3,(H2,11,12,13). The van der Waals surface area contributed by atoms with Crippen molar-refractivity contribution in [2.75, 3.05) is 5.33 Å². The fourth-order valence-electron chi connectivity index (χ4n) is 0.761. The molecule has 8 heteroatoms. The van der Waals surface area contributed by atoms with Crippen LogP contribution in [-0.4, -0.2) is 33.3 Å².